The standard InChI is InChI=1S/C33H52NO3/c1-32(2,3)27-18-19-31(30(22-27)33(4,5)6)37-21-20-36-25-29(35)24-34(7,28-16-12-9-13-17-28)23-26-14-10-8-11-15-26/h8,10-11,14-15,18-19,22,28-29,35H,9,12-13,16-17,20-21,23-25H2,1-7H3/q+1. The maximum absolute atomic E-state index is 11.0. The topological polar surface area (TPSA) is 38.7 Å². The maximum Gasteiger partial charge on any atom is 0.126 e. The monoisotopic (exact) mass is 510 g/mol. The Hall–Kier alpha value is -1.88. The summed E-state index contributed by atoms with van der Waals surface area (Å²) in [6.07, 6.45) is 5.93. The number of ether oxygens (including phenoxy) is 2. The molecule has 206 valence electrons. The number of hydrogen-bond acceptors (Lipinski definition) is 3. The van der Waals surface area contributed by atoms with Crippen molar-refractivity contribution < 1.29 is 19.1 Å². The number of aliphatic hydroxyl groups excluding tert-OH is 1. The van der Waals surface area contributed by atoms with Crippen molar-refractivity contribution >= 4 is 0 Å². The first-order valence-electron chi connectivity index (χ1n) is 14.3. The van der Waals surface area contributed by atoms with E-state index in [0.717, 1.165) is 16.8 Å². The number of aliphatic hydroxyl groups is 1. The van der Waals surface area contributed by atoms with E-state index in [0.29, 0.717) is 32.4 Å². The van der Waals surface area contributed by atoms with Crippen molar-refractivity contribution in [1.82, 2.24) is 0 Å². The molecule has 0 bridgehead atoms. The lowest BCUT2D eigenvalue weighted by Crippen LogP contribution is -2.56. The molecule has 1 aliphatic rings. The van der Waals surface area contributed by atoms with Gasteiger partial charge < -0.3 is 19.1 Å². The lowest BCUT2D eigenvalue weighted by molar-refractivity contribution is -0.950. The van der Waals surface area contributed by atoms with Crippen LogP contribution in [0.3, 0.4) is 0 Å². The van der Waals surface area contributed by atoms with Crippen LogP contribution >= 0.6 is 0 Å². The van der Waals surface area contributed by atoms with E-state index in [-0.39, 0.29) is 10.8 Å². The molecule has 3 rings (SSSR count). The molecule has 0 saturated heterocycles. The van der Waals surface area contributed by atoms with E-state index in [2.05, 4.69) is 97.1 Å². The van der Waals surface area contributed by atoms with E-state index in [4.69, 9.17) is 9.47 Å². The van der Waals surface area contributed by atoms with Crippen molar-refractivity contribution in [2.45, 2.75) is 103 Å². The largest absolute Gasteiger partial charge is 0.491 e. The van der Waals surface area contributed by atoms with E-state index < -0.39 is 6.10 Å². The Morgan fingerprint density at radius 3 is 2.19 bits per heavy atom. The van der Waals surface area contributed by atoms with Crippen LogP contribution in [0.1, 0.15) is 90.3 Å². The Morgan fingerprint density at radius 2 is 1.57 bits per heavy atom. The Bertz CT molecular complexity index is 954. The Labute approximate surface area is 226 Å². The molecule has 1 aliphatic carbocycles. The van der Waals surface area contributed by atoms with Crippen molar-refractivity contribution in [3.05, 3.63) is 65.2 Å². The molecule has 0 spiro atoms. The van der Waals surface area contributed by atoms with Crippen LogP contribution in [-0.2, 0) is 22.1 Å². The van der Waals surface area contributed by atoms with Gasteiger partial charge in [0.05, 0.1) is 26.3 Å². The van der Waals surface area contributed by atoms with Gasteiger partial charge in [0.1, 0.15) is 31.5 Å². The predicted molar refractivity (Wildman–Crippen MR) is 154 cm³/mol. The lowest BCUT2D eigenvalue weighted by Gasteiger charge is -2.44. The quantitative estimate of drug-likeness (QED) is 0.261. The number of likely N-dealkylation sites (N-methyl/N-ethyl adjacent to an activating group) is 1. The van der Waals surface area contributed by atoms with Crippen LogP contribution in [0.25, 0.3) is 0 Å². The highest BCUT2D eigenvalue weighted by molar-refractivity contribution is 5.43. The first-order chi connectivity index (χ1) is 17.4. The van der Waals surface area contributed by atoms with Gasteiger partial charge in [0.25, 0.3) is 0 Å². The molecule has 2 unspecified atom stereocenters. The van der Waals surface area contributed by atoms with Gasteiger partial charge in [-0.05, 0) is 53.7 Å². The lowest BCUT2D eigenvalue weighted by atomic mass is 9.80. The second-order valence-corrected chi connectivity index (χ2v) is 13.4. The summed E-state index contributed by atoms with van der Waals surface area (Å²) in [5.41, 5.74) is 3.97. The summed E-state index contributed by atoms with van der Waals surface area (Å²) >= 11 is 0. The molecule has 2 aromatic carbocycles. The highest BCUT2D eigenvalue weighted by Crippen LogP contribution is 2.35. The SMILES string of the molecule is CC(C)(C)c1ccc(OCCOCC(O)C[N+](C)(Cc2ccccc2)C2CCCCC2)c(C(C)(C)C)c1. The van der Waals surface area contributed by atoms with Gasteiger partial charge in [-0.1, -0.05) is 90.4 Å². The number of hydrogen-bond donors (Lipinski definition) is 1. The van der Waals surface area contributed by atoms with Gasteiger partial charge in [-0.25, -0.2) is 0 Å². The third-order valence-corrected chi connectivity index (χ3v) is 7.92. The van der Waals surface area contributed by atoms with E-state index in [1.54, 1.807) is 0 Å². The summed E-state index contributed by atoms with van der Waals surface area (Å²) in [4.78, 5) is 0. The fourth-order valence-electron chi connectivity index (χ4n) is 5.72. The van der Waals surface area contributed by atoms with Crippen LogP contribution < -0.4 is 4.74 Å². The van der Waals surface area contributed by atoms with Crippen LogP contribution in [0.4, 0.5) is 0 Å². The number of benzene rings is 2. The normalized spacial score (nSPS) is 17.8. The summed E-state index contributed by atoms with van der Waals surface area (Å²) in [5.74, 6) is 0.925. The molecule has 0 aliphatic heterocycles. The molecule has 1 N–H and O–H groups in total. The highest BCUT2D eigenvalue weighted by atomic mass is 16.5. The summed E-state index contributed by atoms with van der Waals surface area (Å²) in [7, 11) is 2.32. The van der Waals surface area contributed by atoms with Gasteiger partial charge in [-0.2, -0.15) is 0 Å². The predicted octanol–water partition coefficient (Wildman–Crippen LogP) is 7.02. The average Bonchev–Trinajstić information content (AvgIpc) is 2.83. The first kappa shape index (κ1) is 29.7. The van der Waals surface area contributed by atoms with Gasteiger partial charge in [0.2, 0.25) is 0 Å². The maximum atomic E-state index is 11.0. The molecule has 2 aromatic rings. The van der Waals surface area contributed by atoms with Crippen molar-refractivity contribution in [2.24, 2.45) is 0 Å². The molecule has 4 heteroatoms. The zero-order chi connectivity index (χ0) is 27.1. The molecule has 0 heterocycles. The summed E-state index contributed by atoms with van der Waals surface area (Å²) in [6, 6.07) is 17.9. The van der Waals surface area contributed by atoms with Crippen LogP contribution in [0.2, 0.25) is 0 Å². The minimum Gasteiger partial charge on any atom is -0.491 e. The van der Waals surface area contributed by atoms with Crippen LogP contribution in [-0.4, -0.2) is 55.1 Å². The fraction of sp³-hybridized carbons (Fsp3) is 0.636. The first-order valence-corrected chi connectivity index (χ1v) is 14.3. The van der Waals surface area contributed by atoms with Crippen molar-refractivity contribution in [2.75, 3.05) is 33.4 Å². The number of nitrogens with zero attached hydrogens (tertiary/aromatic N) is 1. The molecule has 1 saturated carbocycles. The van der Waals surface area contributed by atoms with Gasteiger partial charge in [-0.3, -0.25) is 0 Å². The molecule has 0 amide bonds. The molecule has 0 radical (unpaired) electrons. The van der Waals surface area contributed by atoms with Crippen LogP contribution in [0.15, 0.2) is 48.5 Å². The minimum absolute atomic E-state index is 0.00606. The summed E-state index contributed by atoms with van der Waals surface area (Å²) < 4.78 is 13.0. The molecule has 4 nitrogen and oxygen atoms in total. The van der Waals surface area contributed by atoms with Crippen molar-refractivity contribution in [3.63, 3.8) is 0 Å². The number of quaternary nitrogens is 1. The smallest absolute Gasteiger partial charge is 0.126 e. The Balaban J connectivity index is 1.54. The van der Waals surface area contributed by atoms with Gasteiger partial charge >= 0.3 is 0 Å². The molecular formula is C33H52NO3+. The Morgan fingerprint density at radius 1 is 0.892 bits per heavy atom. The molecular weight excluding hydrogens is 458 g/mol. The molecule has 0 aromatic heterocycles. The van der Waals surface area contributed by atoms with E-state index in [1.165, 1.54) is 48.8 Å². The van der Waals surface area contributed by atoms with Crippen LogP contribution in [0, 0.1) is 0 Å². The highest BCUT2D eigenvalue weighted by Gasteiger charge is 2.36. The zero-order valence-corrected chi connectivity index (χ0v) is 24.6. The third kappa shape index (κ3) is 8.84. The zero-order valence-electron chi connectivity index (χ0n) is 24.6. The third-order valence-electron chi connectivity index (χ3n) is 7.92. The molecule has 2 atom stereocenters. The second kappa shape index (κ2) is 12.8. The van der Waals surface area contributed by atoms with Gasteiger partial charge in [-0.15, -0.1) is 0 Å². The molecule has 1 fully saturated rings. The van der Waals surface area contributed by atoms with E-state index in [9.17, 15) is 5.11 Å². The number of rotatable bonds is 11. The van der Waals surface area contributed by atoms with Crippen molar-refractivity contribution in [3.8, 4) is 5.75 Å². The van der Waals surface area contributed by atoms with Gasteiger partial charge in [0.15, 0.2) is 0 Å². The summed E-state index contributed by atoms with van der Waals surface area (Å²) in [5, 5.41) is 11.0. The second-order valence-electron chi connectivity index (χ2n) is 13.4. The fourth-order valence-corrected chi connectivity index (χ4v) is 5.72. The average molecular weight is 511 g/mol. The van der Waals surface area contributed by atoms with Crippen LogP contribution in [0.5, 0.6) is 5.75 Å². The minimum atomic E-state index is -0.494. The summed E-state index contributed by atoms with van der Waals surface area (Å²) in [6.45, 7) is 16.4. The molecule has 37 heavy (non-hydrogen) atoms. The Kier molecular flexibility index (Phi) is 10.2. The van der Waals surface area contributed by atoms with Crippen molar-refractivity contribution in [1.29, 1.82) is 0 Å². The van der Waals surface area contributed by atoms with E-state index in [1.807, 2.05) is 0 Å². The van der Waals surface area contributed by atoms with Gasteiger partial charge in [0, 0.05) is 5.56 Å². The van der Waals surface area contributed by atoms with E-state index >= 15 is 0 Å².